The third-order valence-corrected chi connectivity index (χ3v) is 4.97. The van der Waals surface area contributed by atoms with E-state index in [0.29, 0.717) is 6.04 Å². The lowest BCUT2D eigenvalue weighted by molar-refractivity contribution is 0.00223. The molecule has 1 aromatic rings. The van der Waals surface area contributed by atoms with Gasteiger partial charge < -0.3 is 9.64 Å². The molecule has 134 valence electrons. The Morgan fingerprint density at radius 2 is 1.67 bits per heavy atom. The number of fused-ring (bicyclic) bond motifs is 2. The van der Waals surface area contributed by atoms with E-state index in [2.05, 4.69) is 37.3 Å². The van der Waals surface area contributed by atoms with Gasteiger partial charge >= 0.3 is 6.09 Å². The van der Waals surface area contributed by atoms with Crippen molar-refractivity contribution in [1.29, 1.82) is 0 Å². The first-order valence-corrected chi connectivity index (χ1v) is 8.98. The molecule has 0 aliphatic carbocycles. The molecule has 2 aliphatic heterocycles. The van der Waals surface area contributed by atoms with Crippen molar-refractivity contribution >= 4 is 6.09 Å². The number of piperidine rings is 1. The Kier molecular flexibility index (Phi) is 4.12. The van der Waals surface area contributed by atoms with E-state index in [-0.39, 0.29) is 23.6 Å². The summed E-state index contributed by atoms with van der Waals surface area (Å²) in [6, 6.07) is 0.835. The summed E-state index contributed by atoms with van der Waals surface area (Å²) in [7, 11) is 0. The van der Waals surface area contributed by atoms with Gasteiger partial charge in [0.1, 0.15) is 5.60 Å². The second-order valence-corrected chi connectivity index (χ2v) is 9.23. The zero-order chi connectivity index (χ0) is 17.7. The fourth-order valence-electron chi connectivity index (χ4n) is 3.78. The SMILES string of the molecule is CC(C)(C)OC(=O)N1C2CCC1CC(n1cc(C(C)(C)C)nn1)C2. The molecule has 3 heterocycles. The van der Waals surface area contributed by atoms with E-state index in [0.717, 1.165) is 31.4 Å². The summed E-state index contributed by atoms with van der Waals surface area (Å²) in [5.74, 6) is 0. The predicted octanol–water partition coefficient (Wildman–Crippen LogP) is 3.68. The van der Waals surface area contributed by atoms with Gasteiger partial charge in [0, 0.05) is 23.7 Å². The molecule has 1 aromatic heterocycles. The van der Waals surface area contributed by atoms with Crippen LogP contribution < -0.4 is 0 Å². The highest BCUT2D eigenvalue weighted by Crippen LogP contribution is 2.41. The molecule has 2 saturated heterocycles. The molecule has 2 bridgehead atoms. The summed E-state index contributed by atoms with van der Waals surface area (Å²) in [6.45, 7) is 12.2. The van der Waals surface area contributed by atoms with Crippen LogP contribution in [0.25, 0.3) is 0 Å². The maximum absolute atomic E-state index is 12.5. The van der Waals surface area contributed by atoms with Crippen LogP contribution in [0.5, 0.6) is 0 Å². The van der Waals surface area contributed by atoms with E-state index >= 15 is 0 Å². The first kappa shape index (κ1) is 17.2. The molecule has 0 aromatic carbocycles. The van der Waals surface area contributed by atoms with Crippen molar-refractivity contribution in [2.24, 2.45) is 0 Å². The van der Waals surface area contributed by atoms with Crippen LogP contribution in [0.3, 0.4) is 0 Å². The largest absolute Gasteiger partial charge is 0.444 e. The van der Waals surface area contributed by atoms with E-state index < -0.39 is 5.60 Å². The van der Waals surface area contributed by atoms with Gasteiger partial charge in [-0.1, -0.05) is 26.0 Å². The summed E-state index contributed by atoms with van der Waals surface area (Å²) >= 11 is 0. The molecule has 0 spiro atoms. The fourth-order valence-corrected chi connectivity index (χ4v) is 3.78. The Balaban J connectivity index is 1.71. The van der Waals surface area contributed by atoms with E-state index in [9.17, 15) is 4.79 Å². The van der Waals surface area contributed by atoms with Crippen molar-refractivity contribution in [3.8, 4) is 0 Å². The molecule has 2 fully saturated rings. The molecule has 6 nitrogen and oxygen atoms in total. The summed E-state index contributed by atoms with van der Waals surface area (Å²) in [6.07, 6.45) is 5.89. The van der Waals surface area contributed by atoms with Crippen LogP contribution in [0.2, 0.25) is 0 Å². The monoisotopic (exact) mass is 334 g/mol. The summed E-state index contributed by atoms with van der Waals surface area (Å²) in [4.78, 5) is 14.5. The molecule has 0 saturated carbocycles. The minimum atomic E-state index is -0.444. The quantitative estimate of drug-likeness (QED) is 0.786. The maximum Gasteiger partial charge on any atom is 0.410 e. The minimum absolute atomic E-state index is 0.00838. The van der Waals surface area contributed by atoms with Gasteiger partial charge in [0.05, 0.1) is 11.7 Å². The average Bonchev–Trinajstić information content (AvgIpc) is 3.00. The third-order valence-electron chi connectivity index (χ3n) is 4.97. The van der Waals surface area contributed by atoms with Gasteiger partial charge in [-0.05, 0) is 46.5 Å². The Bertz CT molecular complexity index is 597. The number of rotatable bonds is 1. The molecule has 2 aliphatic rings. The second kappa shape index (κ2) is 5.74. The van der Waals surface area contributed by atoms with Crippen LogP contribution in [0.1, 0.15) is 79.0 Å². The molecule has 24 heavy (non-hydrogen) atoms. The first-order valence-electron chi connectivity index (χ1n) is 8.98. The van der Waals surface area contributed by atoms with Gasteiger partial charge in [0.2, 0.25) is 0 Å². The van der Waals surface area contributed by atoms with E-state index in [1.54, 1.807) is 0 Å². The lowest BCUT2D eigenvalue weighted by Gasteiger charge is -2.39. The molecular formula is C18H30N4O2. The minimum Gasteiger partial charge on any atom is -0.444 e. The van der Waals surface area contributed by atoms with Crippen LogP contribution in [-0.4, -0.2) is 43.7 Å². The van der Waals surface area contributed by atoms with Crippen molar-refractivity contribution in [3.05, 3.63) is 11.9 Å². The van der Waals surface area contributed by atoms with Crippen molar-refractivity contribution in [2.75, 3.05) is 0 Å². The number of aromatic nitrogens is 3. The number of amides is 1. The highest BCUT2D eigenvalue weighted by atomic mass is 16.6. The number of carbonyl (C=O) groups excluding carboxylic acids is 1. The molecule has 6 heteroatoms. The van der Waals surface area contributed by atoms with E-state index in [4.69, 9.17) is 4.74 Å². The van der Waals surface area contributed by atoms with E-state index in [1.165, 1.54) is 0 Å². The number of hydrogen-bond donors (Lipinski definition) is 0. The Morgan fingerprint density at radius 1 is 1.08 bits per heavy atom. The van der Waals surface area contributed by atoms with Crippen molar-refractivity contribution in [2.45, 2.75) is 96.4 Å². The molecule has 1 amide bonds. The Morgan fingerprint density at radius 3 is 2.12 bits per heavy atom. The standard InChI is InChI=1S/C18H30N4O2/c1-17(2,3)15-11-21(20-19-15)14-9-12-7-8-13(10-14)22(12)16(23)24-18(4,5)6/h11-14H,7-10H2,1-6H3. The highest BCUT2D eigenvalue weighted by Gasteiger charge is 2.45. The Labute approximate surface area is 144 Å². The van der Waals surface area contributed by atoms with Crippen molar-refractivity contribution in [1.82, 2.24) is 19.9 Å². The number of hydrogen-bond acceptors (Lipinski definition) is 4. The summed E-state index contributed by atoms with van der Waals surface area (Å²) < 4.78 is 7.61. The van der Waals surface area contributed by atoms with Gasteiger partial charge in [-0.25, -0.2) is 9.48 Å². The van der Waals surface area contributed by atoms with Gasteiger partial charge in [0.15, 0.2) is 0 Å². The van der Waals surface area contributed by atoms with Crippen LogP contribution in [0.4, 0.5) is 4.79 Å². The smallest absolute Gasteiger partial charge is 0.410 e. The van der Waals surface area contributed by atoms with Gasteiger partial charge in [0.25, 0.3) is 0 Å². The van der Waals surface area contributed by atoms with E-state index in [1.807, 2.05) is 30.4 Å². The van der Waals surface area contributed by atoms with Crippen molar-refractivity contribution < 1.29 is 9.53 Å². The lowest BCUT2D eigenvalue weighted by Crippen LogP contribution is -2.48. The van der Waals surface area contributed by atoms with Crippen LogP contribution in [-0.2, 0) is 10.2 Å². The molecule has 0 N–H and O–H groups in total. The molecule has 3 rings (SSSR count). The van der Waals surface area contributed by atoms with Crippen LogP contribution in [0, 0.1) is 0 Å². The number of nitrogens with zero attached hydrogens (tertiary/aromatic N) is 4. The molecule has 2 atom stereocenters. The Hall–Kier alpha value is -1.59. The van der Waals surface area contributed by atoms with Gasteiger partial charge in [-0.15, -0.1) is 5.10 Å². The van der Waals surface area contributed by atoms with Crippen molar-refractivity contribution in [3.63, 3.8) is 0 Å². The summed E-state index contributed by atoms with van der Waals surface area (Å²) in [5, 5.41) is 8.71. The topological polar surface area (TPSA) is 60.2 Å². The molecule has 2 unspecified atom stereocenters. The van der Waals surface area contributed by atoms with Crippen LogP contribution >= 0.6 is 0 Å². The second-order valence-electron chi connectivity index (χ2n) is 9.23. The van der Waals surface area contributed by atoms with Crippen LogP contribution in [0.15, 0.2) is 6.20 Å². The predicted molar refractivity (Wildman–Crippen MR) is 91.9 cm³/mol. The number of carbonyl (C=O) groups is 1. The third kappa shape index (κ3) is 3.42. The lowest BCUT2D eigenvalue weighted by atomic mass is 9.93. The highest BCUT2D eigenvalue weighted by molar-refractivity contribution is 5.69. The fraction of sp³-hybridized carbons (Fsp3) is 0.833. The van der Waals surface area contributed by atoms with Gasteiger partial charge in [-0.3, -0.25) is 0 Å². The number of ether oxygens (including phenoxy) is 1. The zero-order valence-electron chi connectivity index (χ0n) is 15.7. The summed E-state index contributed by atoms with van der Waals surface area (Å²) in [5.41, 5.74) is 0.583. The van der Waals surface area contributed by atoms with Gasteiger partial charge in [-0.2, -0.15) is 0 Å². The molecular weight excluding hydrogens is 304 g/mol. The normalized spacial score (nSPS) is 27.4. The molecule has 0 radical (unpaired) electrons. The maximum atomic E-state index is 12.5. The average molecular weight is 334 g/mol. The first-order chi connectivity index (χ1) is 11.0. The zero-order valence-corrected chi connectivity index (χ0v) is 15.7.